The van der Waals surface area contributed by atoms with Crippen LogP contribution in [0.1, 0.15) is 59.2 Å². The van der Waals surface area contributed by atoms with Crippen molar-refractivity contribution in [2.75, 3.05) is 19.6 Å². The molecule has 1 heterocycles. The lowest BCUT2D eigenvalue weighted by molar-refractivity contribution is 0.0867. The fourth-order valence-electron chi connectivity index (χ4n) is 4.20. The van der Waals surface area contributed by atoms with E-state index in [9.17, 15) is 4.79 Å². The summed E-state index contributed by atoms with van der Waals surface area (Å²) in [5, 5.41) is 0. The maximum atomic E-state index is 12.5. The molecule has 1 fully saturated rings. The summed E-state index contributed by atoms with van der Waals surface area (Å²) < 4.78 is 0. The average molecular weight is 271 g/mol. The van der Waals surface area contributed by atoms with Crippen molar-refractivity contribution >= 4 is 5.78 Å². The van der Waals surface area contributed by atoms with Gasteiger partial charge in [-0.15, -0.1) is 0 Å². The number of carbonyl (C=O) groups is 1. The normalized spacial score (nSPS) is 26.2. The molecule has 2 atom stereocenters. The van der Waals surface area contributed by atoms with Gasteiger partial charge >= 0.3 is 0 Å². The maximum Gasteiger partial charge on any atom is 0.163 e. The van der Waals surface area contributed by atoms with Crippen LogP contribution in [0.25, 0.3) is 0 Å². The first-order valence-corrected chi connectivity index (χ1v) is 7.96. The minimum Gasteiger partial charge on any atom is -0.303 e. The molecule has 1 aliphatic heterocycles. The minimum atomic E-state index is 0.377. The summed E-state index contributed by atoms with van der Waals surface area (Å²) in [6, 6.07) is 4.43. The van der Waals surface area contributed by atoms with Crippen molar-refractivity contribution in [1.29, 1.82) is 0 Å². The number of ketones is 1. The Morgan fingerprint density at radius 1 is 1.30 bits per heavy atom. The zero-order chi connectivity index (χ0) is 14.3. The molecule has 1 aromatic carbocycles. The van der Waals surface area contributed by atoms with E-state index in [1.54, 1.807) is 0 Å². The van der Waals surface area contributed by atoms with Gasteiger partial charge in [-0.3, -0.25) is 4.79 Å². The zero-order valence-electron chi connectivity index (χ0n) is 12.9. The number of benzene rings is 1. The molecule has 3 rings (SSSR count). The second-order valence-corrected chi connectivity index (χ2v) is 6.63. The first-order chi connectivity index (χ1) is 9.60. The smallest absolute Gasteiger partial charge is 0.163 e. The largest absolute Gasteiger partial charge is 0.303 e. The molecular weight excluding hydrogens is 246 g/mol. The number of nitrogens with zero attached hydrogens (tertiary/aromatic N) is 1. The van der Waals surface area contributed by atoms with Gasteiger partial charge in [0.2, 0.25) is 0 Å². The molecule has 2 unspecified atom stereocenters. The monoisotopic (exact) mass is 271 g/mol. The Morgan fingerprint density at radius 2 is 2.10 bits per heavy atom. The second-order valence-electron chi connectivity index (χ2n) is 6.63. The number of likely N-dealkylation sites (tertiary alicyclic amines) is 1. The SMILES string of the molecule is CCCN1CCC2CC(=O)c3c(C)cc(C)cc3C2C1. The van der Waals surface area contributed by atoms with E-state index >= 15 is 0 Å². The van der Waals surface area contributed by atoms with Crippen LogP contribution < -0.4 is 0 Å². The minimum absolute atomic E-state index is 0.377. The fraction of sp³-hybridized carbons (Fsp3) is 0.611. The Hall–Kier alpha value is -1.15. The molecular formula is C18H25NO. The number of aryl methyl sites for hydroxylation is 2. The molecule has 2 nitrogen and oxygen atoms in total. The van der Waals surface area contributed by atoms with E-state index in [4.69, 9.17) is 0 Å². The molecule has 2 aliphatic rings. The van der Waals surface area contributed by atoms with E-state index in [2.05, 4.69) is 37.8 Å². The van der Waals surface area contributed by atoms with E-state index < -0.39 is 0 Å². The van der Waals surface area contributed by atoms with Crippen molar-refractivity contribution in [3.05, 3.63) is 34.4 Å². The predicted octanol–water partition coefficient (Wildman–Crippen LogP) is 3.71. The first kappa shape index (κ1) is 13.8. The number of hydrogen-bond acceptors (Lipinski definition) is 2. The molecule has 0 spiro atoms. The summed E-state index contributed by atoms with van der Waals surface area (Å²) in [6.07, 6.45) is 3.17. The van der Waals surface area contributed by atoms with Crippen molar-refractivity contribution in [3.63, 3.8) is 0 Å². The number of rotatable bonds is 2. The van der Waals surface area contributed by atoms with E-state index in [1.807, 2.05) is 0 Å². The molecule has 108 valence electrons. The van der Waals surface area contributed by atoms with Crippen LogP contribution in [0, 0.1) is 19.8 Å². The summed E-state index contributed by atoms with van der Waals surface area (Å²) in [5.74, 6) is 1.52. The lowest BCUT2D eigenvalue weighted by Crippen LogP contribution is -2.42. The highest BCUT2D eigenvalue weighted by molar-refractivity contribution is 6.00. The molecule has 2 heteroatoms. The second kappa shape index (κ2) is 5.33. The fourth-order valence-corrected chi connectivity index (χ4v) is 4.20. The van der Waals surface area contributed by atoms with Gasteiger partial charge < -0.3 is 4.90 Å². The molecule has 0 saturated carbocycles. The number of carbonyl (C=O) groups excluding carboxylic acids is 1. The van der Waals surface area contributed by atoms with Gasteiger partial charge in [0.05, 0.1) is 0 Å². The predicted molar refractivity (Wildman–Crippen MR) is 82.4 cm³/mol. The van der Waals surface area contributed by atoms with E-state index in [-0.39, 0.29) is 0 Å². The zero-order valence-corrected chi connectivity index (χ0v) is 12.9. The Bertz CT molecular complexity index is 534. The lowest BCUT2D eigenvalue weighted by atomic mass is 9.70. The molecule has 0 N–H and O–H groups in total. The molecule has 0 radical (unpaired) electrons. The highest BCUT2D eigenvalue weighted by Crippen LogP contribution is 2.42. The van der Waals surface area contributed by atoms with Gasteiger partial charge in [-0.1, -0.05) is 24.6 Å². The molecule has 1 saturated heterocycles. The summed E-state index contributed by atoms with van der Waals surface area (Å²) in [4.78, 5) is 15.0. The van der Waals surface area contributed by atoms with Crippen molar-refractivity contribution in [2.24, 2.45) is 5.92 Å². The van der Waals surface area contributed by atoms with E-state index in [0.29, 0.717) is 17.6 Å². The third kappa shape index (κ3) is 2.31. The van der Waals surface area contributed by atoms with Crippen LogP contribution in [0.3, 0.4) is 0 Å². The van der Waals surface area contributed by atoms with Crippen LogP contribution in [0.4, 0.5) is 0 Å². The van der Waals surface area contributed by atoms with Gasteiger partial charge in [0, 0.05) is 24.4 Å². The highest BCUT2D eigenvalue weighted by Gasteiger charge is 2.38. The van der Waals surface area contributed by atoms with Gasteiger partial charge in [-0.25, -0.2) is 0 Å². The summed E-state index contributed by atoms with van der Waals surface area (Å²) in [5.41, 5.74) is 4.85. The number of piperidine rings is 1. The van der Waals surface area contributed by atoms with Crippen LogP contribution in [-0.4, -0.2) is 30.3 Å². The van der Waals surface area contributed by atoms with Crippen LogP contribution in [0.5, 0.6) is 0 Å². The Kier molecular flexibility index (Phi) is 3.68. The van der Waals surface area contributed by atoms with Crippen LogP contribution in [0.15, 0.2) is 12.1 Å². The quantitative estimate of drug-likeness (QED) is 0.817. The van der Waals surface area contributed by atoms with Gasteiger partial charge in [0.15, 0.2) is 5.78 Å². The summed E-state index contributed by atoms with van der Waals surface area (Å²) in [6.45, 7) is 9.99. The van der Waals surface area contributed by atoms with Gasteiger partial charge in [0.1, 0.15) is 0 Å². The third-order valence-electron chi connectivity index (χ3n) is 5.02. The van der Waals surface area contributed by atoms with Crippen LogP contribution in [-0.2, 0) is 0 Å². The topological polar surface area (TPSA) is 20.3 Å². The summed E-state index contributed by atoms with van der Waals surface area (Å²) >= 11 is 0. The van der Waals surface area contributed by atoms with E-state index in [1.165, 1.54) is 42.6 Å². The Labute approximate surface area is 122 Å². The number of hydrogen-bond donors (Lipinski definition) is 0. The highest BCUT2D eigenvalue weighted by atomic mass is 16.1. The third-order valence-corrected chi connectivity index (χ3v) is 5.02. The number of Topliss-reactive ketones (excluding diaryl/α,β-unsaturated/α-hetero) is 1. The van der Waals surface area contributed by atoms with Crippen LogP contribution >= 0.6 is 0 Å². The van der Waals surface area contributed by atoms with Crippen molar-refractivity contribution in [3.8, 4) is 0 Å². The van der Waals surface area contributed by atoms with Crippen molar-refractivity contribution in [2.45, 2.75) is 46.0 Å². The van der Waals surface area contributed by atoms with Crippen molar-refractivity contribution in [1.82, 2.24) is 4.90 Å². The lowest BCUT2D eigenvalue weighted by Gasteiger charge is -2.42. The Balaban J connectivity index is 1.99. The molecule has 0 aromatic heterocycles. The molecule has 1 aliphatic carbocycles. The average Bonchev–Trinajstić information content (AvgIpc) is 2.39. The Morgan fingerprint density at radius 3 is 2.85 bits per heavy atom. The molecule has 20 heavy (non-hydrogen) atoms. The van der Waals surface area contributed by atoms with Gasteiger partial charge in [-0.2, -0.15) is 0 Å². The van der Waals surface area contributed by atoms with Crippen LogP contribution in [0.2, 0.25) is 0 Å². The molecule has 0 bridgehead atoms. The van der Waals surface area contributed by atoms with Gasteiger partial charge in [-0.05, 0) is 56.8 Å². The van der Waals surface area contributed by atoms with Crippen molar-refractivity contribution < 1.29 is 4.79 Å². The maximum absolute atomic E-state index is 12.5. The number of fused-ring (bicyclic) bond motifs is 3. The van der Waals surface area contributed by atoms with E-state index in [0.717, 1.165) is 18.5 Å². The molecule has 1 aromatic rings. The summed E-state index contributed by atoms with van der Waals surface area (Å²) in [7, 11) is 0. The standard InChI is InChI=1S/C18H25NO/c1-4-6-19-7-5-14-10-17(20)18-13(3)8-12(2)9-15(18)16(14)11-19/h8-9,14,16H,4-7,10-11H2,1-3H3. The van der Waals surface area contributed by atoms with Gasteiger partial charge in [0.25, 0.3) is 0 Å². The molecule has 0 amide bonds. The first-order valence-electron chi connectivity index (χ1n) is 7.96.